The van der Waals surface area contributed by atoms with E-state index in [-0.39, 0.29) is 0 Å². The van der Waals surface area contributed by atoms with Crippen LogP contribution in [-0.4, -0.2) is 4.21 Å². The van der Waals surface area contributed by atoms with Crippen LogP contribution in [0.3, 0.4) is 0 Å². The summed E-state index contributed by atoms with van der Waals surface area (Å²) in [5, 5.41) is 1.65. The van der Waals surface area contributed by atoms with Crippen LogP contribution < -0.4 is 0 Å². The van der Waals surface area contributed by atoms with E-state index in [2.05, 4.69) is 19.6 Å². The molecule has 16 heavy (non-hydrogen) atoms. The van der Waals surface area contributed by atoms with Gasteiger partial charge in [0.25, 0.3) is 0 Å². The maximum absolute atomic E-state index is 11.8. The molecule has 0 spiro atoms. The molecule has 0 saturated carbocycles. The third-order valence-corrected chi connectivity index (χ3v) is 3.17. The standard InChI is InChI=1S/C14H18OS/c1-12(2)11-13(3)9-10-16(15)14-7-5-4-6-8-14/h4-8,10,12H,11H2,1-3H3. The van der Waals surface area contributed by atoms with Gasteiger partial charge in [0.15, 0.2) is 0 Å². The fraction of sp³-hybridized carbons (Fsp3) is 0.357. The van der Waals surface area contributed by atoms with Gasteiger partial charge in [0, 0.05) is 10.3 Å². The highest BCUT2D eigenvalue weighted by Crippen LogP contribution is 2.10. The minimum atomic E-state index is -1.08. The molecule has 0 N–H and O–H groups in total. The molecule has 0 bridgehead atoms. The van der Waals surface area contributed by atoms with Crippen molar-refractivity contribution in [2.24, 2.45) is 5.92 Å². The van der Waals surface area contributed by atoms with Crippen molar-refractivity contribution in [1.29, 1.82) is 0 Å². The van der Waals surface area contributed by atoms with Crippen LogP contribution in [0.25, 0.3) is 0 Å². The number of hydrogen-bond donors (Lipinski definition) is 0. The molecule has 1 aromatic carbocycles. The Labute approximate surface area is 100 Å². The predicted octanol–water partition coefficient (Wildman–Crippen LogP) is 3.90. The van der Waals surface area contributed by atoms with Crippen molar-refractivity contribution in [3.63, 3.8) is 0 Å². The van der Waals surface area contributed by atoms with E-state index in [4.69, 9.17) is 0 Å². The van der Waals surface area contributed by atoms with Gasteiger partial charge < -0.3 is 0 Å². The predicted molar refractivity (Wildman–Crippen MR) is 69.6 cm³/mol. The summed E-state index contributed by atoms with van der Waals surface area (Å²) in [4.78, 5) is 0.826. The maximum Gasteiger partial charge on any atom is 0.0854 e. The maximum atomic E-state index is 11.8. The Balaban J connectivity index is 2.75. The normalized spacial score (nSPS) is 12.0. The van der Waals surface area contributed by atoms with Gasteiger partial charge in [-0.2, -0.15) is 0 Å². The lowest BCUT2D eigenvalue weighted by molar-refractivity contribution is 0.643. The second-order valence-corrected chi connectivity index (χ2v) is 5.55. The molecule has 0 aliphatic heterocycles. The Morgan fingerprint density at radius 3 is 2.56 bits per heavy atom. The van der Waals surface area contributed by atoms with E-state index < -0.39 is 10.8 Å². The minimum absolute atomic E-state index is 0.617. The Hall–Kier alpha value is -1.11. The molecule has 1 aromatic rings. The molecule has 2 heteroatoms. The van der Waals surface area contributed by atoms with Crippen LogP contribution in [-0.2, 0) is 10.8 Å². The zero-order chi connectivity index (χ0) is 12.0. The first-order chi connectivity index (χ1) is 7.59. The second-order valence-electron chi connectivity index (χ2n) is 4.25. The van der Waals surface area contributed by atoms with Crippen molar-refractivity contribution in [3.8, 4) is 0 Å². The van der Waals surface area contributed by atoms with Crippen molar-refractivity contribution in [1.82, 2.24) is 0 Å². The van der Waals surface area contributed by atoms with Gasteiger partial charge in [-0.1, -0.05) is 32.0 Å². The number of rotatable bonds is 4. The molecule has 0 aliphatic rings. The van der Waals surface area contributed by atoms with Crippen molar-refractivity contribution < 1.29 is 4.21 Å². The molecule has 0 aromatic heterocycles. The zero-order valence-corrected chi connectivity index (χ0v) is 10.9. The van der Waals surface area contributed by atoms with Gasteiger partial charge in [-0.25, -0.2) is 4.21 Å². The SMILES string of the molecule is CC(=C=CS(=O)c1ccccc1)CC(C)C. The average Bonchev–Trinajstić information content (AvgIpc) is 2.26. The molecule has 0 fully saturated rings. The third kappa shape index (κ3) is 4.61. The van der Waals surface area contributed by atoms with E-state index in [1.807, 2.05) is 37.3 Å². The molecule has 0 radical (unpaired) electrons. The summed E-state index contributed by atoms with van der Waals surface area (Å²) in [5.41, 5.74) is 4.26. The van der Waals surface area contributed by atoms with Gasteiger partial charge >= 0.3 is 0 Å². The monoisotopic (exact) mass is 234 g/mol. The lowest BCUT2D eigenvalue weighted by Crippen LogP contribution is -1.87. The largest absolute Gasteiger partial charge is 0.249 e. The van der Waals surface area contributed by atoms with Gasteiger partial charge in [0.2, 0.25) is 0 Å². The topological polar surface area (TPSA) is 17.1 Å². The second kappa shape index (κ2) is 6.47. The van der Waals surface area contributed by atoms with Crippen LogP contribution in [0.5, 0.6) is 0 Å². The summed E-state index contributed by atoms with van der Waals surface area (Å²) in [5.74, 6) is 0.617. The van der Waals surface area contributed by atoms with Gasteiger partial charge in [-0.15, -0.1) is 5.73 Å². The fourth-order valence-corrected chi connectivity index (χ4v) is 2.32. The highest BCUT2D eigenvalue weighted by molar-refractivity contribution is 7.88. The minimum Gasteiger partial charge on any atom is -0.249 e. The van der Waals surface area contributed by atoms with Gasteiger partial charge in [-0.3, -0.25) is 0 Å². The molecular weight excluding hydrogens is 216 g/mol. The summed E-state index contributed by atoms with van der Waals surface area (Å²) in [6.45, 7) is 6.36. The van der Waals surface area contributed by atoms with Crippen LogP contribution in [0.15, 0.2) is 51.9 Å². The first kappa shape index (κ1) is 13.0. The smallest absolute Gasteiger partial charge is 0.0854 e. The van der Waals surface area contributed by atoms with Gasteiger partial charge in [0.05, 0.1) is 10.8 Å². The van der Waals surface area contributed by atoms with Crippen LogP contribution in [0, 0.1) is 5.92 Å². The molecule has 86 valence electrons. The molecule has 1 rings (SSSR count). The Kier molecular flexibility index (Phi) is 5.24. The van der Waals surface area contributed by atoms with Crippen molar-refractivity contribution in [2.45, 2.75) is 32.1 Å². The summed E-state index contributed by atoms with van der Waals surface area (Å²) >= 11 is 0. The molecule has 1 unspecified atom stereocenters. The van der Waals surface area contributed by atoms with Crippen molar-refractivity contribution >= 4 is 10.8 Å². The van der Waals surface area contributed by atoms with E-state index in [9.17, 15) is 4.21 Å². The highest BCUT2D eigenvalue weighted by atomic mass is 32.2. The van der Waals surface area contributed by atoms with E-state index in [1.165, 1.54) is 0 Å². The molecule has 0 aliphatic carbocycles. The average molecular weight is 234 g/mol. The summed E-state index contributed by atoms with van der Waals surface area (Å²) in [6, 6.07) is 9.44. The molecule has 1 nitrogen and oxygen atoms in total. The quantitative estimate of drug-likeness (QED) is 0.722. The van der Waals surface area contributed by atoms with Gasteiger partial charge in [-0.05, 0) is 37.0 Å². The number of allylic oxidation sites excluding steroid dienone is 1. The third-order valence-electron chi connectivity index (χ3n) is 2.10. The highest BCUT2D eigenvalue weighted by Gasteiger charge is 1.97. The molecule has 0 amide bonds. The molecule has 0 heterocycles. The van der Waals surface area contributed by atoms with E-state index in [0.29, 0.717) is 5.92 Å². The lowest BCUT2D eigenvalue weighted by Gasteiger charge is -2.00. The Bertz CT molecular complexity index is 412. The Morgan fingerprint density at radius 1 is 1.38 bits per heavy atom. The molecule has 0 saturated heterocycles. The van der Waals surface area contributed by atoms with E-state index in [0.717, 1.165) is 16.9 Å². The lowest BCUT2D eigenvalue weighted by atomic mass is 10.1. The number of benzene rings is 1. The Morgan fingerprint density at radius 2 is 2.00 bits per heavy atom. The van der Waals surface area contributed by atoms with Crippen LogP contribution >= 0.6 is 0 Å². The van der Waals surface area contributed by atoms with Crippen LogP contribution in [0.2, 0.25) is 0 Å². The number of hydrogen-bond acceptors (Lipinski definition) is 1. The molecular formula is C14H18OS. The summed E-state index contributed by atoms with van der Waals surface area (Å²) in [7, 11) is -1.08. The van der Waals surface area contributed by atoms with Crippen LogP contribution in [0.4, 0.5) is 0 Å². The first-order valence-electron chi connectivity index (χ1n) is 5.47. The van der Waals surface area contributed by atoms with E-state index >= 15 is 0 Å². The summed E-state index contributed by atoms with van der Waals surface area (Å²) < 4.78 is 11.8. The summed E-state index contributed by atoms with van der Waals surface area (Å²) in [6.07, 6.45) is 1.00. The van der Waals surface area contributed by atoms with Gasteiger partial charge in [0.1, 0.15) is 0 Å². The van der Waals surface area contributed by atoms with Crippen molar-refractivity contribution in [3.05, 3.63) is 47.0 Å². The van der Waals surface area contributed by atoms with Crippen LogP contribution in [0.1, 0.15) is 27.2 Å². The fourth-order valence-electron chi connectivity index (χ4n) is 1.45. The first-order valence-corrected chi connectivity index (χ1v) is 6.69. The van der Waals surface area contributed by atoms with E-state index in [1.54, 1.807) is 5.41 Å². The zero-order valence-electron chi connectivity index (χ0n) is 10.1. The molecule has 1 atom stereocenters. The van der Waals surface area contributed by atoms with Crippen molar-refractivity contribution in [2.75, 3.05) is 0 Å².